The van der Waals surface area contributed by atoms with Gasteiger partial charge in [-0.1, -0.05) is 0 Å². The van der Waals surface area contributed by atoms with Crippen molar-refractivity contribution in [2.75, 3.05) is 31.1 Å². The van der Waals surface area contributed by atoms with Crippen LogP contribution in [0.15, 0.2) is 42.9 Å². The van der Waals surface area contributed by atoms with Crippen molar-refractivity contribution in [3.05, 3.63) is 53.2 Å². The molecule has 0 N–H and O–H groups in total. The summed E-state index contributed by atoms with van der Waals surface area (Å²) in [6.07, 6.45) is 5.23. The Morgan fingerprint density at radius 1 is 1.10 bits per heavy atom. The lowest BCUT2D eigenvalue weighted by molar-refractivity contribution is 0.194. The molecule has 0 spiro atoms. The number of pyridine rings is 2. The minimum atomic E-state index is 0.637. The third kappa shape index (κ3) is 4.04. The number of anilines is 1. The highest BCUT2D eigenvalue weighted by atomic mass is 32.1. The van der Waals surface area contributed by atoms with Gasteiger partial charge in [-0.3, -0.25) is 9.88 Å². The van der Waals surface area contributed by atoms with Crippen LogP contribution in [0.3, 0.4) is 0 Å². The zero-order valence-corrected chi connectivity index (χ0v) is 17.1. The highest BCUT2D eigenvalue weighted by Gasteiger charge is 2.20. The van der Waals surface area contributed by atoms with Gasteiger partial charge in [0.05, 0.1) is 18.3 Å². The summed E-state index contributed by atoms with van der Waals surface area (Å²) < 4.78 is 4.68. The molecule has 9 heteroatoms. The monoisotopic (exact) mass is 406 g/mol. The van der Waals surface area contributed by atoms with Crippen LogP contribution in [0.25, 0.3) is 11.4 Å². The van der Waals surface area contributed by atoms with Crippen LogP contribution in [0, 0.1) is 16.1 Å². The molecule has 4 rings (SSSR count). The van der Waals surface area contributed by atoms with E-state index in [-0.39, 0.29) is 0 Å². The number of nitrogens with zero attached hydrogens (tertiary/aromatic N) is 8. The molecule has 0 amide bonds. The SMILES string of the molecule is CCn1c(-c2ccncc2)nn(CN2CCN(c3cc(C#N)ccn3)CC2)c1=S. The quantitative estimate of drug-likeness (QED) is 0.603. The Labute approximate surface area is 174 Å². The van der Waals surface area contributed by atoms with Crippen molar-refractivity contribution < 1.29 is 0 Å². The maximum absolute atomic E-state index is 9.09. The van der Waals surface area contributed by atoms with Crippen LogP contribution < -0.4 is 4.90 Å². The maximum Gasteiger partial charge on any atom is 0.199 e. The van der Waals surface area contributed by atoms with Gasteiger partial charge in [-0.2, -0.15) is 10.4 Å². The van der Waals surface area contributed by atoms with Gasteiger partial charge >= 0.3 is 0 Å². The first kappa shape index (κ1) is 19.2. The van der Waals surface area contributed by atoms with Gasteiger partial charge in [-0.05, 0) is 43.4 Å². The molecular weight excluding hydrogens is 384 g/mol. The van der Waals surface area contributed by atoms with Crippen LogP contribution in [0.1, 0.15) is 12.5 Å². The topological polar surface area (TPSA) is 78.8 Å². The van der Waals surface area contributed by atoms with Gasteiger partial charge in [0.2, 0.25) is 0 Å². The van der Waals surface area contributed by atoms with E-state index in [0.717, 1.165) is 54.7 Å². The molecule has 0 saturated carbocycles. The Morgan fingerprint density at radius 3 is 2.55 bits per heavy atom. The van der Waals surface area contributed by atoms with Gasteiger partial charge in [-0.25, -0.2) is 9.67 Å². The summed E-state index contributed by atoms with van der Waals surface area (Å²) >= 11 is 5.68. The molecule has 29 heavy (non-hydrogen) atoms. The Bertz CT molecular complexity index is 1070. The van der Waals surface area contributed by atoms with Crippen LogP contribution >= 0.6 is 12.2 Å². The summed E-state index contributed by atoms with van der Waals surface area (Å²) in [7, 11) is 0. The first-order valence-electron chi connectivity index (χ1n) is 9.61. The molecule has 148 valence electrons. The molecule has 3 aromatic rings. The van der Waals surface area contributed by atoms with Gasteiger partial charge in [0.1, 0.15) is 5.82 Å². The van der Waals surface area contributed by atoms with Gasteiger partial charge in [0.25, 0.3) is 0 Å². The summed E-state index contributed by atoms with van der Waals surface area (Å²) in [5, 5.41) is 13.9. The van der Waals surface area contributed by atoms with Gasteiger partial charge in [0, 0.05) is 56.9 Å². The zero-order chi connectivity index (χ0) is 20.2. The molecule has 8 nitrogen and oxygen atoms in total. The molecule has 4 heterocycles. The molecule has 3 aromatic heterocycles. The maximum atomic E-state index is 9.09. The lowest BCUT2D eigenvalue weighted by Crippen LogP contribution is -2.47. The van der Waals surface area contributed by atoms with Crippen LogP contribution in [0.2, 0.25) is 0 Å². The molecule has 0 unspecified atom stereocenters. The predicted octanol–water partition coefficient (Wildman–Crippen LogP) is 2.54. The fourth-order valence-corrected chi connectivity index (χ4v) is 3.82. The third-order valence-electron chi connectivity index (χ3n) is 5.08. The van der Waals surface area contributed by atoms with Gasteiger partial charge < -0.3 is 9.47 Å². The number of rotatable bonds is 5. The molecule has 0 atom stereocenters. The molecule has 0 aromatic carbocycles. The van der Waals surface area contributed by atoms with E-state index < -0.39 is 0 Å². The molecule has 1 aliphatic rings. The Morgan fingerprint density at radius 2 is 1.86 bits per heavy atom. The van der Waals surface area contributed by atoms with Crippen LogP contribution in [-0.2, 0) is 13.2 Å². The Balaban J connectivity index is 1.46. The van der Waals surface area contributed by atoms with E-state index in [9.17, 15) is 0 Å². The van der Waals surface area contributed by atoms with E-state index in [1.807, 2.05) is 22.9 Å². The zero-order valence-electron chi connectivity index (χ0n) is 16.3. The fraction of sp³-hybridized carbons (Fsp3) is 0.350. The molecule has 1 aliphatic heterocycles. The van der Waals surface area contributed by atoms with E-state index in [4.69, 9.17) is 22.6 Å². The van der Waals surface area contributed by atoms with Gasteiger partial charge in [-0.15, -0.1) is 0 Å². The van der Waals surface area contributed by atoms with E-state index in [0.29, 0.717) is 12.2 Å². The normalized spacial score (nSPS) is 14.7. The van der Waals surface area contributed by atoms with Crippen molar-refractivity contribution in [1.82, 2.24) is 29.2 Å². The van der Waals surface area contributed by atoms with E-state index >= 15 is 0 Å². The largest absolute Gasteiger partial charge is 0.354 e. The number of hydrogen-bond donors (Lipinski definition) is 0. The summed E-state index contributed by atoms with van der Waals surface area (Å²) in [6.45, 7) is 6.96. The second kappa shape index (κ2) is 8.51. The average Bonchev–Trinajstić information content (AvgIpc) is 3.10. The minimum Gasteiger partial charge on any atom is -0.354 e. The molecule has 0 aliphatic carbocycles. The number of piperazine rings is 1. The molecular formula is C20H22N8S. The van der Waals surface area contributed by atoms with E-state index in [1.165, 1.54) is 0 Å². The van der Waals surface area contributed by atoms with Crippen molar-refractivity contribution in [2.24, 2.45) is 0 Å². The molecule has 1 saturated heterocycles. The van der Waals surface area contributed by atoms with Gasteiger partial charge in [0.15, 0.2) is 10.6 Å². The lowest BCUT2D eigenvalue weighted by atomic mass is 10.2. The summed E-state index contributed by atoms with van der Waals surface area (Å²) in [6, 6.07) is 9.65. The van der Waals surface area contributed by atoms with Crippen molar-refractivity contribution in [3.8, 4) is 17.5 Å². The first-order chi connectivity index (χ1) is 14.2. The summed E-state index contributed by atoms with van der Waals surface area (Å²) in [5.41, 5.74) is 1.65. The Kier molecular flexibility index (Phi) is 5.64. The molecule has 0 radical (unpaired) electrons. The Hall–Kier alpha value is -3.09. The standard InChI is InChI=1S/C20H22N8S/c1-2-27-19(17-4-6-22-7-5-17)24-28(20(27)29)15-25-9-11-26(12-10-25)18-13-16(14-21)3-8-23-18/h3-8,13H,2,9-12,15H2,1H3. The van der Waals surface area contributed by atoms with Crippen molar-refractivity contribution in [3.63, 3.8) is 0 Å². The predicted molar refractivity (Wildman–Crippen MR) is 113 cm³/mol. The second-order valence-corrected chi connectivity index (χ2v) is 7.21. The number of aromatic nitrogens is 5. The highest BCUT2D eigenvalue weighted by molar-refractivity contribution is 7.71. The summed E-state index contributed by atoms with van der Waals surface area (Å²) in [4.78, 5) is 13.0. The summed E-state index contributed by atoms with van der Waals surface area (Å²) in [5.74, 6) is 1.73. The number of hydrogen-bond acceptors (Lipinski definition) is 7. The van der Waals surface area contributed by atoms with Crippen molar-refractivity contribution in [1.29, 1.82) is 5.26 Å². The fourth-order valence-electron chi connectivity index (χ4n) is 3.50. The van der Waals surface area contributed by atoms with E-state index in [1.54, 1.807) is 24.7 Å². The minimum absolute atomic E-state index is 0.637. The third-order valence-corrected chi connectivity index (χ3v) is 5.51. The van der Waals surface area contributed by atoms with E-state index in [2.05, 4.69) is 37.3 Å². The molecule has 1 fully saturated rings. The van der Waals surface area contributed by atoms with Crippen molar-refractivity contribution in [2.45, 2.75) is 20.1 Å². The van der Waals surface area contributed by atoms with Crippen LogP contribution in [0.4, 0.5) is 5.82 Å². The van der Waals surface area contributed by atoms with Crippen molar-refractivity contribution >= 4 is 18.0 Å². The number of nitriles is 1. The second-order valence-electron chi connectivity index (χ2n) is 6.85. The first-order valence-corrected chi connectivity index (χ1v) is 10.0. The van der Waals surface area contributed by atoms with Crippen LogP contribution in [-0.4, -0.2) is 55.4 Å². The lowest BCUT2D eigenvalue weighted by Gasteiger charge is -2.35. The molecule has 0 bridgehead atoms. The highest BCUT2D eigenvalue weighted by Crippen LogP contribution is 2.19. The smallest absolute Gasteiger partial charge is 0.199 e. The van der Waals surface area contributed by atoms with Crippen LogP contribution in [0.5, 0.6) is 0 Å². The average molecular weight is 407 g/mol.